The highest BCUT2D eigenvalue weighted by atomic mass is 17.2. The largest absolute Gasteiger partial charge is 0.341 e. The molecule has 1 aromatic carbocycles. The van der Waals surface area contributed by atoms with E-state index < -0.39 is 5.79 Å². The molecule has 2 atom stereocenters. The van der Waals surface area contributed by atoms with Crippen molar-refractivity contribution >= 4 is 5.57 Å². The molecule has 3 nitrogen and oxygen atoms in total. The Morgan fingerprint density at radius 2 is 1.85 bits per heavy atom. The van der Waals surface area contributed by atoms with Gasteiger partial charge >= 0.3 is 0 Å². The minimum absolute atomic E-state index is 0.0858. The molecule has 0 aromatic heterocycles. The molecular formula is C17H20O3. The number of hydrogen-bond donors (Lipinski definition) is 0. The van der Waals surface area contributed by atoms with Crippen LogP contribution in [-0.2, 0) is 14.5 Å². The van der Waals surface area contributed by atoms with E-state index in [4.69, 9.17) is 14.5 Å². The van der Waals surface area contributed by atoms with Gasteiger partial charge in [-0.05, 0) is 36.8 Å². The van der Waals surface area contributed by atoms with Gasteiger partial charge in [-0.25, -0.2) is 9.78 Å². The SMILES string of the molecule is C1=C(c2ccccc2)[C@@H]2OOC3(CCCC3)O[C@H]2CC1. The second-order valence-electron chi connectivity index (χ2n) is 5.98. The van der Waals surface area contributed by atoms with E-state index >= 15 is 0 Å². The summed E-state index contributed by atoms with van der Waals surface area (Å²) in [5, 5.41) is 0. The summed E-state index contributed by atoms with van der Waals surface area (Å²) < 4.78 is 6.30. The second kappa shape index (κ2) is 4.99. The van der Waals surface area contributed by atoms with Crippen LogP contribution < -0.4 is 0 Å². The number of rotatable bonds is 1. The minimum Gasteiger partial charge on any atom is -0.341 e. The van der Waals surface area contributed by atoms with Crippen molar-refractivity contribution in [3.05, 3.63) is 42.0 Å². The normalized spacial score (nSPS) is 31.9. The summed E-state index contributed by atoms with van der Waals surface area (Å²) in [5.74, 6) is -0.458. The maximum absolute atomic E-state index is 6.30. The van der Waals surface area contributed by atoms with E-state index in [0.29, 0.717) is 0 Å². The molecule has 106 valence electrons. The number of hydrogen-bond acceptors (Lipinski definition) is 3. The van der Waals surface area contributed by atoms with Crippen LogP contribution in [0.15, 0.2) is 36.4 Å². The second-order valence-corrected chi connectivity index (χ2v) is 5.98. The summed E-state index contributed by atoms with van der Waals surface area (Å²) in [6.45, 7) is 0. The van der Waals surface area contributed by atoms with E-state index in [1.807, 2.05) is 6.07 Å². The Bertz CT molecular complexity index is 502. The van der Waals surface area contributed by atoms with Crippen LogP contribution in [0.5, 0.6) is 0 Å². The Hall–Kier alpha value is -1.16. The molecule has 1 spiro atoms. The van der Waals surface area contributed by atoms with Gasteiger partial charge in [0, 0.05) is 12.8 Å². The van der Waals surface area contributed by atoms with Crippen molar-refractivity contribution in [2.45, 2.75) is 56.5 Å². The fraction of sp³-hybridized carbons (Fsp3) is 0.529. The van der Waals surface area contributed by atoms with Crippen LogP contribution in [0, 0.1) is 0 Å². The quantitative estimate of drug-likeness (QED) is 0.727. The summed E-state index contributed by atoms with van der Waals surface area (Å²) in [6.07, 6.45) is 8.62. The molecule has 1 aromatic rings. The lowest BCUT2D eigenvalue weighted by Crippen LogP contribution is -2.50. The van der Waals surface area contributed by atoms with E-state index in [0.717, 1.165) is 25.7 Å². The molecule has 1 saturated carbocycles. The van der Waals surface area contributed by atoms with Crippen LogP contribution in [0.4, 0.5) is 0 Å². The third-order valence-electron chi connectivity index (χ3n) is 4.60. The van der Waals surface area contributed by atoms with Gasteiger partial charge in [0.05, 0.1) is 6.10 Å². The van der Waals surface area contributed by atoms with E-state index in [2.05, 4.69) is 30.3 Å². The molecule has 3 aliphatic rings. The van der Waals surface area contributed by atoms with Gasteiger partial charge in [-0.15, -0.1) is 0 Å². The molecule has 4 rings (SSSR count). The van der Waals surface area contributed by atoms with Gasteiger partial charge in [0.15, 0.2) is 0 Å². The third-order valence-corrected chi connectivity index (χ3v) is 4.60. The summed E-state index contributed by atoms with van der Waals surface area (Å²) >= 11 is 0. The molecule has 0 bridgehead atoms. The molecule has 0 radical (unpaired) electrons. The van der Waals surface area contributed by atoms with Gasteiger partial charge in [-0.3, -0.25) is 0 Å². The Kier molecular flexibility index (Phi) is 3.14. The van der Waals surface area contributed by atoms with Crippen molar-refractivity contribution in [1.82, 2.24) is 0 Å². The number of fused-ring (bicyclic) bond motifs is 1. The summed E-state index contributed by atoms with van der Waals surface area (Å²) in [4.78, 5) is 11.5. The molecule has 1 heterocycles. The molecule has 20 heavy (non-hydrogen) atoms. The molecule has 1 saturated heterocycles. The Labute approximate surface area is 119 Å². The molecule has 0 unspecified atom stereocenters. The monoisotopic (exact) mass is 272 g/mol. The first-order chi connectivity index (χ1) is 9.86. The first kappa shape index (κ1) is 12.6. The van der Waals surface area contributed by atoms with Crippen molar-refractivity contribution in [3.8, 4) is 0 Å². The van der Waals surface area contributed by atoms with Gasteiger partial charge in [-0.2, -0.15) is 0 Å². The Morgan fingerprint density at radius 1 is 1.05 bits per heavy atom. The Morgan fingerprint density at radius 3 is 2.65 bits per heavy atom. The average Bonchev–Trinajstić information content (AvgIpc) is 2.95. The van der Waals surface area contributed by atoms with Crippen LogP contribution >= 0.6 is 0 Å². The van der Waals surface area contributed by atoms with Gasteiger partial charge in [-0.1, -0.05) is 36.4 Å². The molecule has 2 fully saturated rings. The molecule has 1 aliphatic heterocycles. The summed E-state index contributed by atoms with van der Waals surface area (Å²) in [5.41, 5.74) is 2.41. The summed E-state index contributed by atoms with van der Waals surface area (Å²) in [6, 6.07) is 10.4. The van der Waals surface area contributed by atoms with Gasteiger partial charge in [0.25, 0.3) is 0 Å². The Balaban J connectivity index is 1.58. The molecular weight excluding hydrogens is 252 g/mol. The lowest BCUT2D eigenvalue weighted by Gasteiger charge is -2.43. The van der Waals surface area contributed by atoms with Crippen LogP contribution in [-0.4, -0.2) is 18.0 Å². The van der Waals surface area contributed by atoms with Crippen molar-refractivity contribution in [1.29, 1.82) is 0 Å². The highest BCUT2D eigenvalue weighted by molar-refractivity contribution is 5.70. The maximum atomic E-state index is 6.30. The number of ether oxygens (including phenoxy) is 1. The lowest BCUT2D eigenvalue weighted by atomic mass is 9.88. The third kappa shape index (κ3) is 2.10. The fourth-order valence-corrected chi connectivity index (χ4v) is 3.57. The highest BCUT2D eigenvalue weighted by Crippen LogP contribution is 2.44. The predicted octanol–water partition coefficient (Wildman–Crippen LogP) is 3.85. The predicted molar refractivity (Wildman–Crippen MR) is 75.7 cm³/mol. The zero-order valence-corrected chi connectivity index (χ0v) is 11.6. The standard InChI is InChI=1S/C17H20O3/c1-2-7-13(8-3-1)14-9-6-10-15-16(14)19-20-17(18-15)11-4-5-12-17/h1-3,7-9,15-16H,4-6,10-12H2/t15-,16-/m0/s1. The van der Waals surface area contributed by atoms with Crippen LogP contribution in [0.2, 0.25) is 0 Å². The number of benzene rings is 1. The van der Waals surface area contributed by atoms with Crippen molar-refractivity contribution in [3.63, 3.8) is 0 Å². The zero-order chi connectivity index (χ0) is 13.4. The topological polar surface area (TPSA) is 27.7 Å². The van der Waals surface area contributed by atoms with Crippen molar-refractivity contribution in [2.24, 2.45) is 0 Å². The smallest absolute Gasteiger partial charge is 0.201 e. The van der Waals surface area contributed by atoms with Gasteiger partial charge in [0.1, 0.15) is 6.10 Å². The average molecular weight is 272 g/mol. The van der Waals surface area contributed by atoms with Crippen LogP contribution in [0.25, 0.3) is 5.57 Å². The van der Waals surface area contributed by atoms with Crippen molar-refractivity contribution in [2.75, 3.05) is 0 Å². The zero-order valence-electron chi connectivity index (χ0n) is 11.6. The molecule has 3 heteroatoms. The first-order valence-corrected chi connectivity index (χ1v) is 7.64. The summed E-state index contributed by atoms with van der Waals surface area (Å²) in [7, 11) is 0. The molecule has 2 aliphatic carbocycles. The number of allylic oxidation sites excluding steroid dienone is 1. The highest BCUT2D eigenvalue weighted by Gasteiger charge is 2.48. The minimum atomic E-state index is -0.458. The molecule has 0 N–H and O–H groups in total. The van der Waals surface area contributed by atoms with E-state index in [1.54, 1.807) is 0 Å². The maximum Gasteiger partial charge on any atom is 0.201 e. The first-order valence-electron chi connectivity index (χ1n) is 7.64. The van der Waals surface area contributed by atoms with Crippen molar-refractivity contribution < 1.29 is 14.5 Å². The van der Waals surface area contributed by atoms with E-state index in [9.17, 15) is 0 Å². The van der Waals surface area contributed by atoms with Gasteiger partial charge in [0.2, 0.25) is 5.79 Å². The van der Waals surface area contributed by atoms with Crippen LogP contribution in [0.3, 0.4) is 0 Å². The van der Waals surface area contributed by atoms with E-state index in [-0.39, 0.29) is 12.2 Å². The fourth-order valence-electron chi connectivity index (χ4n) is 3.57. The molecule has 0 amide bonds. The van der Waals surface area contributed by atoms with Crippen LogP contribution in [0.1, 0.15) is 44.1 Å². The van der Waals surface area contributed by atoms with E-state index in [1.165, 1.54) is 24.0 Å². The van der Waals surface area contributed by atoms with Gasteiger partial charge < -0.3 is 4.74 Å². The lowest BCUT2D eigenvalue weighted by molar-refractivity contribution is -0.492.